The molecule has 1 N–H and O–H groups in total. The molecule has 0 aromatic rings. The van der Waals surface area contributed by atoms with Gasteiger partial charge < -0.3 is 15.1 Å². The van der Waals surface area contributed by atoms with Gasteiger partial charge in [0.15, 0.2) is 0 Å². The Labute approximate surface area is 116 Å². The van der Waals surface area contributed by atoms with Gasteiger partial charge in [0.05, 0.1) is 13.1 Å². The smallest absolute Gasteiger partial charge is 0.241 e. The first kappa shape index (κ1) is 16.0. The Balaban J connectivity index is 2.40. The summed E-state index contributed by atoms with van der Waals surface area (Å²) in [4.78, 5) is 27.0. The zero-order valence-corrected chi connectivity index (χ0v) is 12.4. The number of likely N-dealkylation sites (N-methyl/N-ethyl adjacent to an activating group) is 1. The van der Waals surface area contributed by atoms with E-state index in [1.807, 2.05) is 6.92 Å². The molecule has 0 aromatic carbocycles. The predicted molar refractivity (Wildman–Crippen MR) is 75.8 cm³/mol. The highest BCUT2D eigenvalue weighted by atomic mass is 16.2. The number of nitrogens with zero attached hydrogens (tertiary/aromatic N) is 2. The Hall–Kier alpha value is -1.10. The van der Waals surface area contributed by atoms with Crippen molar-refractivity contribution in [3.63, 3.8) is 0 Å². The second kappa shape index (κ2) is 8.15. The van der Waals surface area contributed by atoms with Crippen molar-refractivity contribution in [2.24, 2.45) is 0 Å². The van der Waals surface area contributed by atoms with Gasteiger partial charge >= 0.3 is 0 Å². The lowest BCUT2D eigenvalue weighted by Gasteiger charge is -2.24. The van der Waals surface area contributed by atoms with Crippen molar-refractivity contribution in [1.82, 2.24) is 15.1 Å². The van der Waals surface area contributed by atoms with Gasteiger partial charge in [-0.3, -0.25) is 9.59 Å². The maximum absolute atomic E-state index is 12.1. The topological polar surface area (TPSA) is 52.7 Å². The molecule has 0 aliphatic heterocycles. The fourth-order valence-electron chi connectivity index (χ4n) is 2.34. The Kier molecular flexibility index (Phi) is 6.84. The normalized spacial score (nSPS) is 15.5. The largest absolute Gasteiger partial charge is 0.347 e. The first-order chi connectivity index (χ1) is 9.04. The quantitative estimate of drug-likeness (QED) is 0.745. The molecule has 110 valence electrons. The Morgan fingerprint density at radius 3 is 2.32 bits per heavy atom. The van der Waals surface area contributed by atoms with E-state index in [2.05, 4.69) is 5.32 Å². The highest BCUT2D eigenvalue weighted by Crippen LogP contribution is 2.17. The van der Waals surface area contributed by atoms with Crippen molar-refractivity contribution in [3.05, 3.63) is 0 Å². The summed E-state index contributed by atoms with van der Waals surface area (Å²) in [7, 11) is 3.43. The van der Waals surface area contributed by atoms with Crippen LogP contribution in [0.15, 0.2) is 0 Å². The monoisotopic (exact) mass is 269 g/mol. The van der Waals surface area contributed by atoms with Crippen LogP contribution in [0.3, 0.4) is 0 Å². The van der Waals surface area contributed by atoms with E-state index in [-0.39, 0.29) is 18.4 Å². The van der Waals surface area contributed by atoms with E-state index in [4.69, 9.17) is 0 Å². The van der Waals surface area contributed by atoms with Crippen molar-refractivity contribution in [1.29, 1.82) is 0 Å². The first-order valence-corrected chi connectivity index (χ1v) is 7.26. The molecule has 1 fully saturated rings. The van der Waals surface area contributed by atoms with E-state index >= 15 is 0 Å². The van der Waals surface area contributed by atoms with Crippen molar-refractivity contribution in [3.8, 4) is 0 Å². The molecule has 1 rings (SSSR count). The highest BCUT2D eigenvalue weighted by Gasteiger charge is 2.20. The van der Waals surface area contributed by atoms with Crippen molar-refractivity contribution >= 4 is 11.8 Å². The van der Waals surface area contributed by atoms with Gasteiger partial charge in [-0.05, 0) is 19.3 Å². The number of nitrogens with one attached hydrogen (secondary N) is 1. The minimum absolute atomic E-state index is 0.0253. The number of amides is 2. The van der Waals surface area contributed by atoms with Crippen LogP contribution in [0.25, 0.3) is 0 Å². The van der Waals surface area contributed by atoms with E-state index in [1.165, 1.54) is 17.7 Å². The van der Waals surface area contributed by atoms with Gasteiger partial charge in [-0.25, -0.2) is 0 Å². The van der Waals surface area contributed by atoms with E-state index in [0.717, 1.165) is 19.3 Å². The number of rotatable bonds is 7. The maximum atomic E-state index is 12.1. The van der Waals surface area contributed by atoms with Gasteiger partial charge in [0.1, 0.15) is 0 Å². The Morgan fingerprint density at radius 1 is 1.16 bits per heavy atom. The molecule has 0 spiro atoms. The second-order valence-electron chi connectivity index (χ2n) is 5.47. The van der Waals surface area contributed by atoms with Crippen LogP contribution in [0.2, 0.25) is 0 Å². The van der Waals surface area contributed by atoms with Crippen molar-refractivity contribution < 1.29 is 9.59 Å². The van der Waals surface area contributed by atoms with Crippen LogP contribution in [-0.4, -0.2) is 61.4 Å². The lowest BCUT2D eigenvalue weighted by atomic mass is 10.2. The zero-order chi connectivity index (χ0) is 14.3. The first-order valence-electron chi connectivity index (χ1n) is 7.26. The molecule has 1 aliphatic carbocycles. The van der Waals surface area contributed by atoms with Gasteiger partial charge in [0.25, 0.3) is 0 Å². The molecule has 0 bridgehead atoms. The summed E-state index contributed by atoms with van der Waals surface area (Å²) in [5.74, 6) is 0.00613. The van der Waals surface area contributed by atoms with Crippen LogP contribution >= 0.6 is 0 Å². The molecule has 5 nitrogen and oxygen atoms in total. The van der Waals surface area contributed by atoms with Crippen LogP contribution in [0.5, 0.6) is 0 Å². The molecule has 1 aliphatic rings. The van der Waals surface area contributed by atoms with Gasteiger partial charge in [-0.15, -0.1) is 0 Å². The number of carbonyl (C=O) groups is 2. The summed E-state index contributed by atoms with van der Waals surface area (Å²) in [6.07, 6.45) is 5.71. The van der Waals surface area contributed by atoms with Crippen molar-refractivity contribution in [2.45, 2.75) is 45.1 Å². The fraction of sp³-hybridized carbons (Fsp3) is 0.857. The molecule has 1 saturated carbocycles. The minimum atomic E-state index is -0.0253. The molecule has 0 saturated heterocycles. The average Bonchev–Trinajstić information content (AvgIpc) is 2.88. The molecule has 0 radical (unpaired) electrons. The Morgan fingerprint density at radius 2 is 1.79 bits per heavy atom. The SMILES string of the molecule is CCCN(CC(=O)N(C)C)C(=O)CNC1CCCC1. The lowest BCUT2D eigenvalue weighted by Crippen LogP contribution is -2.45. The summed E-state index contributed by atoms with van der Waals surface area (Å²) >= 11 is 0. The van der Waals surface area contributed by atoms with E-state index in [0.29, 0.717) is 19.1 Å². The van der Waals surface area contributed by atoms with E-state index < -0.39 is 0 Å². The summed E-state index contributed by atoms with van der Waals surface area (Å²) in [6, 6.07) is 0.483. The third-order valence-corrected chi connectivity index (χ3v) is 3.57. The molecular weight excluding hydrogens is 242 g/mol. The molecule has 0 heterocycles. The summed E-state index contributed by atoms with van der Waals surface area (Å²) in [6.45, 7) is 3.20. The van der Waals surface area contributed by atoms with E-state index in [9.17, 15) is 9.59 Å². The number of carbonyl (C=O) groups excluding carboxylic acids is 2. The van der Waals surface area contributed by atoms with Gasteiger partial charge in [0, 0.05) is 26.7 Å². The molecule has 0 aromatic heterocycles. The zero-order valence-electron chi connectivity index (χ0n) is 12.4. The highest BCUT2D eigenvalue weighted by molar-refractivity contribution is 5.85. The molecule has 0 atom stereocenters. The number of hydrogen-bond acceptors (Lipinski definition) is 3. The van der Waals surface area contributed by atoms with Crippen LogP contribution < -0.4 is 5.32 Å². The van der Waals surface area contributed by atoms with Crippen LogP contribution in [-0.2, 0) is 9.59 Å². The van der Waals surface area contributed by atoms with Crippen molar-refractivity contribution in [2.75, 3.05) is 33.7 Å². The van der Waals surface area contributed by atoms with E-state index in [1.54, 1.807) is 19.0 Å². The molecule has 5 heteroatoms. The average molecular weight is 269 g/mol. The van der Waals surface area contributed by atoms with Crippen LogP contribution in [0.4, 0.5) is 0 Å². The summed E-state index contributed by atoms with van der Waals surface area (Å²) in [5, 5.41) is 3.31. The molecular formula is C14H27N3O2. The summed E-state index contributed by atoms with van der Waals surface area (Å²) < 4.78 is 0. The lowest BCUT2D eigenvalue weighted by molar-refractivity contribution is -0.138. The number of hydrogen-bond donors (Lipinski definition) is 1. The maximum Gasteiger partial charge on any atom is 0.241 e. The fourth-order valence-corrected chi connectivity index (χ4v) is 2.34. The third kappa shape index (κ3) is 5.59. The van der Waals surface area contributed by atoms with Gasteiger partial charge in [0.2, 0.25) is 11.8 Å². The molecule has 0 unspecified atom stereocenters. The Bertz CT molecular complexity index is 299. The predicted octanol–water partition coefficient (Wildman–Crippen LogP) is 0.845. The van der Waals surface area contributed by atoms with Crippen LogP contribution in [0.1, 0.15) is 39.0 Å². The minimum Gasteiger partial charge on any atom is -0.347 e. The second-order valence-corrected chi connectivity index (χ2v) is 5.47. The van der Waals surface area contributed by atoms with Crippen LogP contribution in [0, 0.1) is 0 Å². The van der Waals surface area contributed by atoms with Gasteiger partial charge in [-0.1, -0.05) is 19.8 Å². The summed E-state index contributed by atoms with van der Waals surface area (Å²) in [5.41, 5.74) is 0. The van der Waals surface area contributed by atoms with Gasteiger partial charge in [-0.2, -0.15) is 0 Å². The standard InChI is InChI=1S/C14H27N3O2/c1-4-9-17(11-14(19)16(2)3)13(18)10-15-12-7-5-6-8-12/h12,15H,4-11H2,1-3H3. The molecule has 2 amide bonds. The third-order valence-electron chi connectivity index (χ3n) is 3.57. The molecule has 19 heavy (non-hydrogen) atoms.